The topological polar surface area (TPSA) is 47.3 Å². The first-order valence-electron chi connectivity index (χ1n) is 6.35. The number of aryl methyl sites for hydroxylation is 2. The molecule has 0 aliphatic heterocycles. The fourth-order valence-corrected chi connectivity index (χ4v) is 2.53. The smallest absolute Gasteiger partial charge is 0.108 e. The molecule has 0 amide bonds. The van der Waals surface area contributed by atoms with Gasteiger partial charge in [0.2, 0.25) is 0 Å². The number of hydrogen-bond donors (Lipinski definition) is 1. The third-order valence-corrected chi connectivity index (χ3v) is 3.93. The Hall–Kier alpha value is -0.870. The number of nitrogens with zero attached hydrogens (tertiary/aromatic N) is 2. The van der Waals surface area contributed by atoms with Crippen LogP contribution in [-0.4, -0.2) is 33.5 Å². The number of aromatic nitrogens is 2. The van der Waals surface area contributed by atoms with E-state index in [1.807, 2.05) is 17.8 Å². The van der Waals surface area contributed by atoms with Crippen molar-refractivity contribution in [2.75, 3.05) is 7.11 Å². The van der Waals surface area contributed by atoms with E-state index in [4.69, 9.17) is 4.74 Å². The highest BCUT2D eigenvalue weighted by Gasteiger charge is 2.38. The molecule has 2 rings (SSSR count). The molecule has 4 heteroatoms. The van der Waals surface area contributed by atoms with Crippen molar-refractivity contribution in [2.24, 2.45) is 7.05 Å². The zero-order chi connectivity index (χ0) is 12.3. The minimum atomic E-state index is -0.285. The number of aliphatic hydroxyl groups excluding tert-OH is 1. The Morgan fingerprint density at radius 2 is 2.35 bits per heavy atom. The van der Waals surface area contributed by atoms with Crippen LogP contribution in [0.3, 0.4) is 0 Å². The van der Waals surface area contributed by atoms with Crippen molar-refractivity contribution in [1.82, 2.24) is 9.55 Å². The van der Waals surface area contributed by atoms with Crippen LogP contribution in [0.15, 0.2) is 12.4 Å². The molecule has 17 heavy (non-hydrogen) atoms. The van der Waals surface area contributed by atoms with Crippen LogP contribution in [0.5, 0.6) is 0 Å². The van der Waals surface area contributed by atoms with Gasteiger partial charge < -0.3 is 14.4 Å². The number of imidazole rings is 1. The van der Waals surface area contributed by atoms with Gasteiger partial charge in [-0.25, -0.2) is 4.98 Å². The normalized spacial score (nSPS) is 19.9. The molecule has 1 unspecified atom stereocenters. The lowest BCUT2D eigenvalue weighted by molar-refractivity contribution is -0.0999. The van der Waals surface area contributed by atoms with Crippen molar-refractivity contribution in [3.05, 3.63) is 18.2 Å². The lowest BCUT2D eigenvalue weighted by atomic mass is 9.75. The Bertz CT molecular complexity index is 353. The van der Waals surface area contributed by atoms with E-state index in [1.165, 1.54) is 6.42 Å². The quantitative estimate of drug-likeness (QED) is 0.820. The Morgan fingerprint density at radius 1 is 1.59 bits per heavy atom. The Balaban J connectivity index is 1.78. The molecule has 1 fully saturated rings. The van der Waals surface area contributed by atoms with Crippen LogP contribution in [0.25, 0.3) is 0 Å². The predicted octanol–water partition coefficient (Wildman–Crippen LogP) is 1.67. The molecule has 1 aromatic rings. The Labute approximate surface area is 103 Å². The van der Waals surface area contributed by atoms with Gasteiger partial charge in [-0.1, -0.05) is 0 Å². The maximum absolute atomic E-state index is 10.1. The van der Waals surface area contributed by atoms with E-state index in [2.05, 4.69) is 4.98 Å². The second-order valence-corrected chi connectivity index (χ2v) is 5.09. The second kappa shape index (κ2) is 5.19. The van der Waals surface area contributed by atoms with Gasteiger partial charge in [0.25, 0.3) is 0 Å². The van der Waals surface area contributed by atoms with Crippen molar-refractivity contribution in [3.8, 4) is 0 Å². The summed E-state index contributed by atoms with van der Waals surface area (Å²) in [7, 11) is 3.74. The van der Waals surface area contributed by atoms with Crippen molar-refractivity contribution < 1.29 is 9.84 Å². The van der Waals surface area contributed by atoms with Gasteiger partial charge in [0, 0.05) is 39.4 Å². The zero-order valence-electron chi connectivity index (χ0n) is 10.7. The average Bonchev–Trinajstić information content (AvgIpc) is 2.67. The maximum atomic E-state index is 10.1. The Morgan fingerprint density at radius 3 is 2.82 bits per heavy atom. The molecule has 1 aromatic heterocycles. The number of rotatable bonds is 6. The fourth-order valence-electron chi connectivity index (χ4n) is 2.53. The molecular formula is C13H22N2O2. The highest BCUT2D eigenvalue weighted by molar-refractivity contribution is 4.94. The van der Waals surface area contributed by atoms with Gasteiger partial charge in [-0.3, -0.25) is 0 Å². The summed E-state index contributed by atoms with van der Waals surface area (Å²) in [6.07, 6.45) is 9.18. The summed E-state index contributed by atoms with van der Waals surface area (Å²) < 4.78 is 7.53. The van der Waals surface area contributed by atoms with Crippen molar-refractivity contribution in [2.45, 2.75) is 50.2 Å². The molecule has 1 N–H and O–H groups in total. The molecule has 96 valence electrons. The lowest BCUT2D eigenvalue weighted by Crippen LogP contribution is -2.42. The third-order valence-electron chi connectivity index (χ3n) is 3.93. The van der Waals surface area contributed by atoms with E-state index in [9.17, 15) is 5.11 Å². The number of hydrogen-bond acceptors (Lipinski definition) is 3. The SMILES string of the molecule is COC1(CC(O)CCc2nccn2C)CCC1. The summed E-state index contributed by atoms with van der Waals surface area (Å²) in [6, 6.07) is 0. The molecular weight excluding hydrogens is 216 g/mol. The number of methoxy groups -OCH3 is 1. The minimum absolute atomic E-state index is 0.0406. The van der Waals surface area contributed by atoms with Crippen molar-refractivity contribution in [1.29, 1.82) is 0 Å². The third kappa shape index (κ3) is 2.87. The summed E-state index contributed by atoms with van der Waals surface area (Å²) in [5.41, 5.74) is -0.0406. The molecule has 0 radical (unpaired) electrons. The zero-order valence-corrected chi connectivity index (χ0v) is 10.7. The molecule has 1 saturated carbocycles. The average molecular weight is 238 g/mol. The first-order valence-corrected chi connectivity index (χ1v) is 6.35. The van der Waals surface area contributed by atoms with Crippen LogP contribution in [0.2, 0.25) is 0 Å². The summed E-state index contributed by atoms with van der Waals surface area (Å²) in [4.78, 5) is 4.26. The van der Waals surface area contributed by atoms with Crippen molar-refractivity contribution >= 4 is 0 Å². The maximum Gasteiger partial charge on any atom is 0.108 e. The fraction of sp³-hybridized carbons (Fsp3) is 0.769. The van der Waals surface area contributed by atoms with Gasteiger partial charge in [0.15, 0.2) is 0 Å². The molecule has 4 nitrogen and oxygen atoms in total. The molecule has 0 bridgehead atoms. The Kier molecular flexibility index (Phi) is 3.84. The van der Waals surface area contributed by atoms with Crippen LogP contribution < -0.4 is 0 Å². The summed E-state index contributed by atoms with van der Waals surface area (Å²) >= 11 is 0. The second-order valence-electron chi connectivity index (χ2n) is 5.09. The number of ether oxygens (including phenoxy) is 1. The summed E-state index contributed by atoms with van der Waals surface area (Å²) in [5.74, 6) is 1.03. The lowest BCUT2D eigenvalue weighted by Gasteiger charge is -2.41. The van der Waals surface area contributed by atoms with E-state index < -0.39 is 0 Å². The van der Waals surface area contributed by atoms with Crippen LogP contribution in [-0.2, 0) is 18.2 Å². The van der Waals surface area contributed by atoms with Gasteiger partial charge >= 0.3 is 0 Å². The van der Waals surface area contributed by atoms with Crippen molar-refractivity contribution in [3.63, 3.8) is 0 Å². The highest BCUT2D eigenvalue weighted by Crippen LogP contribution is 2.39. The highest BCUT2D eigenvalue weighted by atomic mass is 16.5. The number of aliphatic hydroxyl groups is 1. The van der Waals surface area contributed by atoms with Crippen LogP contribution in [0.4, 0.5) is 0 Å². The summed E-state index contributed by atoms with van der Waals surface area (Å²) in [5, 5.41) is 10.1. The molecule has 0 spiro atoms. The molecule has 0 saturated heterocycles. The monoisotopic (exact) mass is 238 g/mol. The van der Waals surface area contributed by atoms with Crippen LogP contribution in [0.1, 0.15) is 37.9 Å². The molecule has 1 heterocycles. The summed E-state index contributed by atoms with van der Waals surface area (Å²) in [6.45, 7) is 0. The van der Waals surface area contributed by atoms with Gasteiger partial charge in [-0.2, -0.15) is 0 Å². The van der Waals surface area contributed by atoms with E-state index in [1.54, 1.807) is 13.3 Å². The first kappa shape index (κ1) is 12.6. The van der Waals surface area contributed by atoms with E-state index in [-0.39, 0.29) is 11.7 Å². The van der Waals surface area contributed by atoms with Crippen LogP contribution in [0, 0.1) is 0 Å². The molecule has 1 aliphatic carbocycles. The van der Waals surface area contributed by atoms with E-state index in [0.29, 0.717) is 0 Å². The molecule has 1 atom stereocenters. The molecule has 0 aromatic carbocycles. The van der Waals surface area contributed by atoms with Gasteiger partial charge in [0.05, 0.1) is 11.7 Å². The largest absolute Gasteiger partial charge is 0.393 e. The van der Waals surface area contributed by atoms with Crippen LogP contribution >= 0.6 is 0 Å². The molecule has 1 aliphatic rings. The van der Waals surface area contributed by atoms with E-state index >= 15 is 0 Å². The van der Waals surface area contributed by atoms with E-state index in [0.717, 1.165) is 37.9 Å². The first-order chi connectivity index (χ1) is 8.15. The van der Waals surface area contributed by atoms with Gasteiger partial charge in [0.1, 0.15) is 5.82 Å². The van der Waals surface area contributed by atoms with Gasteiger partial charge in [-0.15, -0.1) is 0 Å². The minimum Gasteiger partial charge on any atom is -0.393 e. The van der Waals surface area contributed by atoms with Gasteiger partial charge in [-0.05, 0) is 25.7 Å². The predicted molar refractivity (Wildman–Crippen MR) is 65.7 cm³/mol. The standard InChI is InChI=1S/C13H22N2O2/c1-15-9-8-14-12(15)5-4-11(16)10-13(17-2)6-3-7-13/h8-9,11,16H,3-7,10H2,1-2H3.